The van der Waals surface area contributed by atoms with Gasteiger partial charge in [-0.2, -0.15) is 5.26 Å². The zero-order chi connectivity index (χ0) is 20.1. The van der Waals surface area contributed by atoms with Crippen LogP contribution in [-0.4, -0.2) is 24.4 Å². The molecule has 0 aliphatic rings. The van der Waals surface area contributed by atoms with Gasteiger partial charge < -0.3 is 14.0 Å². The summed E-state index contributed by atoms with van der Waals surface area (Å²) >= 11 is 0. The number of rotatable bonds is 6. The molecule has 144 valence electrons. The summed E-state index contributed by atoms with van der Waals surface area (Å²) in [5.74, 6) is 0.731. The first-order chi connectivity index (χ1) is 13.6. The molecule has 3 aromatic rings. The minimum Gasteiger partial charge on any atom is -0.497 e. The molecule has 6 heteroatoms. The number of aromatic nitrogens is 1. The summed E-state index contributed by atoms with van der Waals surface area (Å²) < 4.78 is 12.4. The highest BCUT2D eigenvalue weighted by Crippen LogP contribution is 2.35. The fraction of sp³-hybridized carbons (Fsp3) is 0.273. The van der Waals surface area contributed by atoms with Crippen LogP contribution in [0.25, 0.3) is 22.2 Å². The van der Waals surface area contributed by atoms with Crippen molar-refractivity contribution in [3.8, 4) is 23.1 Å². The van der Waals surface area contributed by atoms with E-state index in [0.29, 0.717) is 17.9 Å². The Kier molecular flexibility index (Phi) is 5.85. The predicted molar refractivity (Wildman–Crippen MR) is 110 cm³/mol. The van der Waals surface area contributed by atoms with Crippen LogP contribution in [0, 0.1) is 11.3 Å². The number of nitriles is 1. The van der Waals surface area contributed by atoms with Gasteiger partial charge in [0.2, 0.25) is 0 Å². The third kappa shape index (κ3) is 3.79. The summed E-state index contributed by atoms with van der Waals surface area (Å²) in [6.45, 7) is 2.43. The minimum atomic E-state index is -0.479. The Balaban J connectivity index is 1.98. The number of ether oxygens (including phenoxy) is 2. The van der Waals surface area contributed by atoms with Gasteiger partial charge in [-0.1, -0.05) is 25.5 Å². The van der Waals surface area contributed by atoms with Crippen molar-refractivity contribution in [3.63, 3.8) is 0 Å². The van der Waals surface area contributed by atoms with Crippen molar-refractivity contribution in [1.29, 1.82) is 5.26 Å². The number of carbonyl (C=O) groups excluding carboxylic acids is 1. The second-order valence-corrected chi connectivity index (χ2v) is 6.47. The number of nitrogens with zero attached hydrogens (tertiary/aromatic N) is 2. The van der Waals surface area contributed by atoms with E-state index in [4.69, 9.17) is 9.47 Å². The number of hydrogen-bond acceptors (Lipinski definition) is 4. The standard InChI is InChI=1S/C22H23N3O3/c1-4-5-11-28-22(26)24-16-8-6-7-15(12-16)21-19(14-23)18-10-9-17(27-3)13-20(18)25(21)2/h6-10,12-13H,4-5,11H2,1-3H3,(H,24,26). The van der Waals surface area contributed by atoms with Crippen LogP contribution < -0.4 is 10.1 Å². The molecule has 1 aromatic heterocycles. The molecule has 2 aromatic carbocycles. The Morgan fingerprint density at radius 1 is 1.25 bits per heavy atom. The second-order valence-electron chi connectivity index (χ2n) is 6.47. The Morgan fingerprint density at radius 3 is 2.79 bits per heavy atom. The van der Waals surface area contributed by atoms with E-state index in [1.54, 1.807) is 13.2 Å². The van der Waals surface area contributed by atoms with E-state index in [1.165, 1.54) is 0 Å². The molecule has 1 heterocycles. The highest BCUT2D eigenvalue weighted by atomic mass is 16.5. The topological polar surface area (TPSA) is 76.3 Å². The third-order valence-corrected chi connectivity index (χ3v) is 4.63. The fourth-order valence-corrected chi connectivity index (χ4v) is 3.20. The van der Waals surface area contributed by atoms with Gasteiger partial charge in [-0.3, -0.25) is 5.32 Å². The lowest BCUT2D eigenvalue weighted by atomic mass is 10.1. The number of fused-ring (bicyclic) bond motifs is 1. The molecule has 28 heavy (non-hydrogen) atoms. The van der Waals surface area contributed by atoms with Crippen molar-refractivity contribution in [2.45, 2.75) is 19.8 Å². The Hall–Kier alpha value is -3.46. The van der Waals surface area contributed by atoms with E-state index in [9.17, 15) is 10.1 Å². The first-order valence-electron chi connectivity index (χ1n) is 9.19. The van der Waals surface area contributed by atoms with Crippen molar-refractivity contribution >= 4 is 22.7 Å². The first-order valence-corrected chi connectivity index (χ1v) is 9.19. The van der Waals surface area contributed by atoms with E-state index >= 15 is 0 Å². The lowest BCUT2D eigenvalue weighted by Gasteiger charge is -2.10. The molecule has 0 spiro atoms. The lowest BCUT2D eigenvalue weighted by Crippen LogP contribution is -2.14. The summed E-state index contributed by atoms with van der Waals surface area (Å²) in [6, 6.07) is 15.4. The average molecular weight is 377 g/mol. The molecule has 0 unspecified atom stereocenters. The quantitative estimate of drug-likeness (QED) is 0.608. The normalized spacial score (nSPS) is 10.5. The maximum Gasteiger partial charge on any atom is 0.411 e. The number of unbranched alkanes of at least 4 members (excludes halogenated alkanes) is 1. The molecule has 0 atom stereocenters. The minimum absolute atomic E-state index is 0.394. The first kappa shape index (κ1) is 19.3. The van der Waals surface area contributed by atoms with Crippen LogP contribution in [0.1, 0.15) is 25.3 Å². The van der Waals surface area contributed by atoms with Crippen LogP contribution in [0.4, 0.5) is 10.5 Å². The Morgan fingerprint density at radius 2 is 2.07 bits per heavy atom. The third-order valence-electron chi connectivity index (χ3n) is 4.63. The van der Waals surface area contributed by atoms with Gasteiger partial charge in [-0.05, 0) is 30.7 Å². The fourth-order valence-electron chi connectivity index (χ4n) is 3.20. The SMILES string of the molecule is CCCCOC(=O)Nc1cccc(-c2c(C#N)c3ccc(OC)cc3n2C)c1. The van der Waals surface area contributed by atoms with Gasteiger partial charge in [0.05, 0.1) is 30.5 Å². The second kappa shape index (κ2) is 8.49. The zero-order valence-corrected chi connectivity index (χ0v) is 16.3. The highest BCUT2D eigenvalue weighted by Gasteiger charge is 2.17. The molecule has 0 bridgehead atoms. The van der Waals surface area contributed by atoms with Crippen molar-refractivity contribution in [3.05, 3.63) is 48.0 Å². The number of benzene rings is 2. The van der Waals surface area contributed by atoms with E-state index in [2.05, 4.69) is 11.4 Å². The summed E-state index contributed by atoms with van der Waals surface area (Å²) in [5.41, 5.74) is 3.73. The number of aryl methyl sites for hydroxylation is 1. The van der Waals surface area contributed by atoms with Gasteiger partial charge >= 0.3 is 6.09 Å². The molecule has 3 rings (SSSR count). The van der Waals surface area contributed by atoms with Crippen molar-refractivity contribution in [1.82, 2.24) is 4.57 Å². The maximum atomic E-state index is 11.9. The van der Waals surface area contributed by atoms with Crippen molar-refractivity contribution in [2.24, 2.45) is 7.05 Å². The van der Waals surface area contributed by atoms with Crippen molar-refractivity contribution < 1.29 is 14.3 Å². The molecule has 1 amide bonds. The summed E-state index contributed by atoms with van der Waals surface area (Å²) in [6.07, 6.45) is 1.32. The van der Waals surface area contributed by atoms with E-state index in [0.717, 1.165) is 40.8 Å². The number of amides is 1. The van der Waals surface area contributed by atoms with Gasteiger partial charge in [-0.25, -0.2) is 4.79 Å². The molecule has 6 nitrogen and oxygen atoms in total. The molecular formula is C22H23N3O3. The molecular weight excluding hydrogens is 354 g/mol. The molecule has 0 aliphatic heterocycles. The van der Waals surface area contributed by atoms with Gasteiger partial charge in [0.15, 0.2) is 0 Å². The Labute approximate surface area is 164 Å². The largest absolute Gasteiger partial charge is 0.497 e. The van der Waals surface area contributed by atoms with Gasteiger partial charge in [-0.15, -0.1) is 0 Å². The number of carbonyl (C=O) groups is 1. The van der Waals surface area contributed by atoms with Crippen LogP contribution >= 0.6 is 0 Å². The number of hydrogen-bond donors (Lipinski definition) is 1. The number of nitrogens with one attached hydrogen (secondary N) is 1. The summed E-state index contributed by atoms with van der Waals surface area (Å²) in [5, 5.41) is 13.4. The van der Waals surface area contributed by atoms with Gasteiger partial charge in [0.1, 0.15) is 11.8 Å². The highest BCUT2D eigenvalue weighted by molar-refractivity contribution is 5.96. The van der Waals surface area contributed by atoms with Gasteiger partial charge in [0.25, 0.3) is 0 Å². The average Bonchev–Trinajstić information content (AvgIpc) is 2.99. The molecule has 1 N–H and O–H groups in total. The van der Waals surface area contributed by atoms with Gasteiger partial charge in [0, 0.05) is 29.8 Å². The molecule has 0 fully saturated rings. The van der Waals surface area contributed by atoms with E-state index in [-0.39, 0.29) is 0 Å². The van der Waals surface area contributed by atoms with Crippen LogP contribution in [-0.2, 0) is 11.8 Å². The van der Waals surface area contributed by atoms with Crippen LogP contribution in [0.5, 0.6) is 5.75 Å². The molecule has 0 radical (unpaired) electrons. The number of anilines is 1. The zero-order valence-electron chi connectivity index (χ0n) is 16.3. The summed E-state index contributed by atoms with van der Waals surface area (Å²) in [4.78, 5) is 11.9. The molecule has 0 aliphatic carbocycles. The van der Waals surface area contributed by atoms with Crippen LogP contribution in [0.2, 0.25) is 0 Å². The number of methoxy groups -OCH3 is 1. The van der Waals surface area contributed by atoms with Crippen LogP contribution in [0.15, 0.2) is 42.5 Å². The summed E-state index contributed by atoms with van der Waals surface area (Å²) in [7, 11) is 3.53. The predicted octanol–water partition coefficient (Wildman–Crippen LogP) is 5.07. The van der Waals surface area contributed by atoms with Crippen molar-refractivity contribution in [2.75, 3.05) is 19.0 Å². The monoisotopic (exact) mass is 377 g/mol. The smallest absolute Gasteiger partial charge is 0.411 e. The molecule has 0 saturated carbocycles. The van der Waals surface area contributed by atoms with E-state index in [1.807, 2.05) is 54.9 Å². The van der Waals surface area contributed by atoms with Crippen LogP contribution in [0.3, 0.4) is 0 Å². The van der Waals surface area contributed by atoms with E-state index < -0.39 is 6.09 Å². The Bertz CT molecular complexity index is 1050. The lowest BCUT2D eigenvalue weighted by molar-refractivity contribution is 0.160. The molecule has 0 saturated heterocycles. The maximum absolute atomic E-state index is 11.9.